The second-order valence-corrected chi connectivity index (χ2v) is 5.84. The number of para-hydroxylation sites is 1. The first-order valence-corrected chi connectivity index (χ1v) is 7.66. The Morgan fingerprint density at radius 3 is 2.72 bits per heavy atom. The van der Waals surface area contributed by atoms with Crippen LogP contribution in [0.3, 0.4) is 0 Å². The van der Waals surface area contributed by atoms with E-state index >= 15 is 0 Å². The first-order valence-electron chi connectivity index (χ1n) is 6.85. The minimum Gasteiger partial charge on any atom is -0.314 e. The van der Waals surface area contributed by atoms with Crippen LogP contribution in [0.4, 0.5) is 0 Å². The van der Waals surface area contributed by atoms with Crippen LogP contribution in [0.25, 0.3) is 10.2 Å². The van der Waals surface area contributed by atoms with Crippen LogP contribution in [0, 0.1) is 0 Å². The van der Waals surface area contributed by atoms with Gasteiger partial charge < -0.3 is 5.32 Å². The van der Waals surface area contributed by atoms with Crippen LogP contribution < -0.4 is 5.32 Å². The van der Waals surface area contributed by atoms with Gasteiger partial charge in [0.1, 0.15) is 0 Å². The fourth-order valence-corrected chi connectivity index (χ4v) is 3.56. The Hall–Kier alpha value is -0.930. The zero-order chi connectivity index (χ0) is 13.0. The Balaban J connectivity index is 2.20. The molecule has 2 unspecified atom stereocenters. The Labute approximate surface area is 113 Å². The predicted octanol–water partition coefficient (Wildman–Crippen LogP) is 4.18. The molecule has 2 atom stereocenters. The third-order valence-corrected chi connectivity index (χ3v) is 4.56. The lowest BCUT2D eigenvalue weighted by Gasteiger charge is -2.21. The molecule has 1 N–H and O–H groups in total. The molecule has 0 fully saturated rings. The molecule has 0 saturated heterocycles. The van der Waals surface area contributed by atoms with E-state index in [0.29, 0.717) is 12.0 Å². The van der Waals surface area contributed by atoms with E-state index in [1.807, 2.05) is 11.3 Å². The molecule has 0 aliphatic carbocycles. The zero-order valence-corrected chi connectivity index (χ0v) is 12.3. The van der Waals surface area contributed by atoms with Gasteiger partial charge in [-0.1, -0.05) is 26.0 Å². The number of thiazole rings is 1. The molecule has 0 aliphatic rings. The van der Waals surface area contributed by atoms with Crippen molar-refractivity contribution in [3.05, 3.63) is 29.3 Å². The summed E-state index contributed by atoms with van der Waals surface area (Å²) < 4.78 is 1.30. The van der Waals surface area contributed by atoms with Crippen LogP contribution in [-0.4, -0.2) is 17.6 Å². The van der Waals surface area contributed by atoms with Crippen molar-refractivity contribution < 1.29 is 0 Å². The van der Waals surface area contributed by atoms with Gasteiger partial charge in [-0.3, -0.25) is 0 Å². The van der Waals surface area contributed by atoms with Crippen molar-refractivity contribution in [1.29, 1.82) is 0 Å². The number of fused-ring (bicyclic) bond motifs is 1. The van der Waals surface area contributed by atoms with E-state index in [2.05, 4.69) is 50.4 Å². The van der Waals surface area contributed by atoms with Gasteiger partial charge in [0.25, 0.3) is 0 Å². The molecule has 1 aromatic carbocycles. The molecule has 2 nitrogen and oxygen atoms in total. The molecule has 1 heterocycles. The third kappa shape index (κ3) is 2.90. The molecular formula is C15H22N2S. The van der Waals surface area contributed by atoms with Gasteiger partial charge in [0.15, 0.2) is 0 Å². The van der Waals surface area contributed by atoms with Crippen LogP contribution in [0.1, 0.15) is 44.5 Å². The zero-order valence-electron chi connectivity index (χ0n) is 11.4. The standard InChI is InChI=1S/C15H22N2S/c1-4-10-16-11(3)12(5-2)15-17-13-8-6-7-9-14(13)18-15/h6-9,11-12,16H,4-5,10H2,1-3H3. The maximum Gasteiger partial charge on any atom is 0.0984 e. The minimum atomic E-state index is 0.496. The molecule has 2 aromatic rings. The van der Waals surface area contributed by atoms with Gasteiger partial charge in [-0.2, -0.15) is 0 Å². The molecule has 0 aliphatic heterocycles. The molecule has 0 bridgehead atoms. The Morgan fingerprint density at radius 1 is 1.28 bits per heavy atom. The summed E-state index contributed by atoms with van der Waals surface area (Å²) in [5.74, 6) is 0.522. The molecular weight excluding hydrogens is 240 g/mol. The Morgan fingerprint density at radius 2 is 2.06 bits per heavy atom. The van der Waals surface area contributed by atoms with Crippen LogP contribution in [-0.2, 0) is 0 Å². The number of rotatable bonds is 6. The number of benzene rings is 1. The summed E-state index contributed by atoms with van der Waals surface area (Å²) in [5.41, 5.74) is 1.14. The maximum atomic E-state index is 4.79. The van der Waals surface area contributed by atoms with E-state index in [4.69, 9.17) is 4.98 Å². The topological polar surface area (TPSA) is 24.9 Å². The summed E-state index contributed by atoms with van der Waals surface area (Å²) >= 11 is 1.84. The van der Waals surface area contributed by atoms with Crippen LogP contribution in [0.2, 0.25) is 0 Å². The number of nitrogens with zero attached hydrogens (tertiary/aromatic N) is 1. The number of hydrogen-bond acceptors (Lipinski definition) is 3. The molecule has 0 amide bonds. The highest BCUT2D eigenvalue weighted by Crippen LogP contribution is 2.31. The molecule has 3 heteroatoms. The van der Waals surface area contributed by atoms with E-state index in [0.717, 1.165) is 18.5 Å². The van der Waals surface area contributed by atoms with Gasteiger partial charge in [0, 0.05) is 12.0 Å². The molecule has 1 aromatic heterocycles. The molecule has 0 saturated carbocycles. The fraction of sp³-hybridized carbons (Fsp3) is 0.533. The van der Waals surface area contributed by atoms with Gasteiger partial charge in [-0.05, 0) is 38.4 Å². The van der Waals surface area contributed by atoms with Crippen molar-refractivity contribution in [2.45, 2.75) is 45.6 Å². The van der Waals surface area contributed by atoms with E-state index in [-0.39, 0.29) is 0 Å². The van der Waals surface area contributed by atoms with Gasteiger partial charge in [0.05, 0.1) is 15.2 Å². The Bertz CT molecular complexity index is 459. The molecule has 98 valence electrons. The summed E-state index contributed by atoms with van der Waals surface area (Å²) in [4.78, 5) is 4.79. The normalized spacial score (nSPS) is 14.8. The number of nitrogens with one attached hydrogen (secondary N) is 1. The van der Waals surface area contributed by atoms with Crippen molar-refractivity contribution in [2.75, 3.05) is 6.54 Å². The minimum absolute atomic E-state index is 0.496. The van der Waals surface area contributed by atoms with Crippen LogP contribution in [0.15, 0.2) is 24.3 Å². The largest absolute Gasteiger partial charge is 0.314 e. The highest BCUT2D eigenvalue weighted by molar-refractivity contribution is 7.18. The lowest BCUT2D eigenvalue weighted by Crippen LogP contribution is -2.32. The van der Waals surface area contributed by atoms with Crippen molar-refractivity contribution in [1.82, 2.24) is 10.3 Å². The van der Waals surface area contributed by atoms with E-state index in [1.54, 1.807) is 0 Å². The second kappa shape index (κ2) is 6.30. The quantitative estimate of drug-likeness (QED) is 0.845. The fourth-order valence-electron chi connectivity index (χ4n) is 2.30. The molecule has 2 rings (SSSR count). The molecule has 18 heavy (non-hydrogen) atoms. The van der Waals surface area contributed by atoms with Crippen LogP contribution >= 0.6 is 11.3 Å². The SMILES string of the molecule is CCCNC(C)C(CC)c1nc2ccccc2s1. The van der Waals surface area contributed by atoms with E-state index in [9.17, 15) is 0 Å². The average Bonchev–Trinajstić information content (AvgIpc) is 2.80. The highest BCUT2D eigenvalue weighted by Gasteiger charge is 2.20. The molecule has 0 radical (unpaired) electrons. The first-order chi connectivity index (χ1) is 8.76. The van der Waals surface area contributed by atoms with E-state index in [1.165, 1.54) is 16.1 Å². The van der Waals surface area contributed by atoms with Gasteiger partial charge in [-0.25, -0.2) is 4.98 Å². The summed E-state index contributed by atoms with van der Waals surface area (Å²) in [5, 5.41) is 4.87. The average molecular weight is 262 g/mol. The van der Waals surface area contributed by atoms with Gasteiger partial charge in [-0.15, -0.1) is 11.3 Å². The van der Waals surface area contributed by atoms with Crippen molar-refractivity contribution in [2.24, 2.45) is 0 Å². The predicted molar refractivity (Wildman–Crippen MR) is 80.4 cm³/mol. The second-order valence-electron chi connectivity index (χ2n) is 4.78. The van der Waals surface area contributed by atoms with Crippen molar-refractivity contribution in [3.8, 4) is 0 Å². The maximum absolute atomic E-state index is 4.79. The summed E-state index contributed by atoms with van der Waals surface area (Å²) in [6.07, 6.45) is 2.32. The molecule has 0 spiro atoms. The lowest BCUT2D eigenvalue weighted by atomic mass is 9.99. The van der Waals surface area contributed by atoms with Gasteiger partial charge in [0.2, 0.25) is 0 Å². The first kappa shape index (κ1) is 13.5. The van der Waals surface area contributed by atoms with Crippen LogP contribution in [0.5, 0.6) is 0 Å². The Kier molecular flexibility index (Phi) is 4.72. The van der Waals surface area contributed by atoms with Crippen molar-refractivity contribution in [3.63, 3.8) is 0 Å². The lowest BCUT2D eigenvalue weighted by molar-refractivity contribution is 0.449. The highest BCUT2D eigenvalue weighted by atomic mass is 32.1. The third-order valence-electron chi connectivity index (χ3n) is 3.39. The summed E-state index contributed by atoms with van der Waals surface area (Å²) in [7, 11) is 0. The summed E-state index contributed by atoms with van der Waals surface area (Å²) in [6, 6.07) is 8.91. The summed E-state index contributed by atoms with van der Waals surface area (Å²) in [6.45, 7) is 7.82. The number of hydrogen-bond donors (Lipinski definition) is 1. The van der Waals surface area contributed by atoms with Gasteiger partial charge >= 0.3 is 0 Å². The monoisotopic (exact) mass is 262 g/mol. The smallest absolute Gasteiger partial charge is 0.0984 e. The number of aromatic nitrogens is 1. The van der Waals surface area contributed by atoms with E-state index < -0.39 is 0 Å². The van der Waals surface area contributed by atoms with Crippen molar-refractivity contribution >= 4 is 21.6 Å².